The van der Waals surface area contributed by atoms with Gasteiger partial charge >= 0.3 is 0 Å². The fourth-order valence-electron chi connectivity index (χ4n) is 3.61. The normalized spacial score (nSPS) is 13.6. The van der Waals surface area contributed by atoms with Gasteiger partial charge in [-0.1, -0.05) is 43.2 Å². The van der Waals surface area contributed by atoms with Crippen molar-refractivity contribution in [1.29, 1.82) is 0 Å². The second-order valence-electron chi connectivity index (χ2n) is 7.89. The molecule has 33 heavy (non-hydrogen) atoms. The zero-order valence-electron chi connectivity index (χ0n) is 19.8. The molecule has 2 aromatic rings. The number of nitrogens with one attached hydrogen (secondary N) is 1. The Hall–Kier alpha value is -3.32. The second kappa shape index (κ2) is 11.5. The minimum absolute atomic E-state index is 0.253. The number of nitrogens with zero attached hydrogens (tertiary/aromatic N) is 1. The molecule has 176 valence electrons. The number of amides is 2. The van der Waals surface area contributed by atoms with E-state index in [1.165, 1.54) is 4.90 Å². The number of aryl methyl sites for hydroxylation is 1. The quantitative estimate of drug-likeness (QED) is 0.380. The third-order valence-electron chi connectivity index (χ3n) is 5.47. The van der Waals surface area contributed by atoms with Crippen molar-refractivity contribution in [1.82, 2.24) is 4.90 Å². The SMILES string of the molecule is CCCCOCCCN1C(=O)C(Nc2ccc(OC)c(OC)c2)=C(c2ccc(C)cc2)C1=O. The molecule has 7 heteroatoms. The summed E-state index contributed by atoms with van der Waals surface area (Å²) in [6.45, 7) is 5.59. The number of rotatable bonds is 12. The first-order valence-corrected chi connectivity index (χ1v) is 11.2. The van der Waals surface area contributed by atoms with Gasteiger partial charge in [-0.25, -0.2) is 0 Å². The average Bonchev–Trinajstić information content (AvgIpc) is 3.05. The number of unbranched alkanes of at least 4 members (excludes halogenated alkanes) is 1. The highest BCUT2D eigenvalue weighted by molar-refractivity contribution is 6.36. The van der Waals surface area contributed by atoms with Crippen LogP contribution in [0, 0.1) is 6.92 Å². The van der Waals surface area contributed by atoms with Gasteiger partial charge in [0.05, 0.1) is 19.8 Å². The molecule has 1 N–H and O–H groups in total. The first kappa shape index (κ1) is 24.3. The summed E-state index contributed by atoms with van der Waals surface area (Å²) in [5.74, 6) is 0.450. The highest BCUT2D eigenvalue weighted by Crippen LogP contribution is 2.34. The molecule has 2 amide bonds. The van der Waals surface area contributed by atoms with Gasteiger partial charge in [-0.15, -0.1) is 0 Å². The Bertz CT molecular complexity index is 1010. The molecule has 0 fully saturated rings. The van der Waals surface area contributed by atoms with E-state index in [0.717, 1.165) is 18.4 Å². The molecular formula is C26H32N2O5. The Morgan fingerprint density at radius 2 is 1.58 bits per heavy atom. The van der Waals surface area contributed by atoms with Crippen LogP contribution in [0.5, 0.6) is 11.5 Å². The van der Waals surface area contributed by atoms with Gasteiger partial charge in [0.1, 0.15) is 5.70 Å². The molecule has 0 spiro atoms. The van der Waals surface area contributed by atoms with Crippen LogP contribution in [0.3, 0.4) is 0 Å². The molecule has 0 saturated heterocycles. The predicted molar refractivity (Wildman–Crippen MR) is 128 cm³/mol. The number of benzene rings is 2. The zero-order valence-corrected chi connectivity index (χ0v) is 19.8. The van der Waals surface area contributed by atoms with Crippen molar-refractivity contribution in [3.05, 3.63) is 59.3 Å². The van der Waals surface area contributed by atoms with E-state index in [-0.39, 0.29) is 17.5 Å². The first-order chi connectivity index (χ1) is 16.0. The maximum atomic E-state index is 13.3. The summed E-state index contributed by atoms with van der Waals surface area (Å²) in [6, 6.07) is 12.9. The smallest absolute Gasteiger partial charge is 0.278 e. The Morgan fingerprint density at radius 1 is 0.879 bits per heavy atom. The minimum atomic E-state index is -0.348. The summed E-state index contributed by atoms with van der Waals surface area (Å²) in [7, 11) is 3.11. The summed E-state index contributed by atoms with van der Waals surface area (Å²) < 4.78 is 16.3. The van der Waals surface area contributed by atoms with Crippen molar-refractivity contribution in [2.45, 2.75) is 33.1 Å². The average molecular weight is 453 g/mol. The lowest BCUT2D eigenvalue weighted by Gasteiger charge is -2.15. The maximum absolute atomic E-state index is 13.3. The number of imide groups is 1. The number of hydrogen-bond donors (Lipinski definition) is 1. The number of ether oxygens (including phenoxy) is 3. The molecule has 0 saturated carbocycles. The van der Waals surface area contributed by atoms with Crippen LogP contribution in [0.2, 0.25) is 0 Å². The van der Waals surface area contributed by atoms with Crippen molar-refractivity contribution in [3.8, 4) is 11.5 Å². The van der Waals surface area contributed by atoms with Gasteiger partial charge in [-0.2, -0.15) is 0 Å². The molecule has 3 rings (SSSR count). The number of carbonyl (C=O) groups excluding carboxylic acids is 2. The molecule has 0 radical (unpaired) electrons. The van der Waals surface area contributed by atoms with Gasteiger partial charge in [0.2, 0.25) is 0 Å². The van der Waals surface area contributed by atoms with Crippen LogP contribution in [0.25, 0.3) is 5.57 Å². The van der Waals surface area contributed by atoms with E-state index in [1.807, 2.05) is 31.2 Å². The Labute approximate surface area is 195 Å². The van der Waals surface area contributed by atoms with Crippen LogP contribution in [-0.2, 0) is 14.3 Å². The summed E-state index contributed by atoms with van der Waals surface area (Å²) in [5.41, 5.74) is 3.01. The molecule has 2 aromatic carbocycles. The number of anilines is 1. The lowest BCUT2D eigenvalue weighted by atomic mass is 10.0. The summed E-state index contributed by atoms with van der Waals surface area (Å²) in [4.78, 5) is 27.9. The van der Waals surface area contributed by atoms with Crippen molar-refractivity contribution in [2.75, 3.05) is 39.3 Å². The molecule has 7 nitrogen and oxygen atoms in total. The maximum Gasteiger partial charge on any atom is 0.278 e. The van der Waals surface area contributed by atoms with E-state index in [4.69, 9.17) is 14.2 Å². The highest BCUT2D eigenvalue weighted by atomic mass is 16.5. The third kappa shape index (κ3) is 5.73. The Kier molecular flexibility index (Phi) is 8.49. The predicted octanol–water partition coefficient (Wildman–Crippen LogP) is 4.41. The molecule has 1 aliphatic heterocycles. The highest BCUT2D eigenvalue weighted by Gasteiger charge is 2.38. The lowest BCUT2D eigenvalue weighted by molar-refractivity contribution is -0.137. The van der Waals surface area contributed by atoms with Gasteiger partial charge in [0.15, 0.2) is 11.5 Å². The van der Waals surface area contributed by atoms with Gasteiger partial charge in [0.25, 0.3) is 11.8 Å². The molecule has 0 atom stereocenters. The topological polar surface area (TPSA) is 77.1 Å². The van der Waals surface area contributed by atoms with Crippen molar-refractivity contribution >= 4 is 23.1 Å². The first-order valence-electron chi connectivity index (χ1n) is 11.2. The van der Waals surface area contributed by atoms with Gasteiger partial charge < -0.3 is 19.5 Å². The standard InChI is InChI=1S/C26H32N2O5/c1-5-6-15-33-16-7-14-28-25(29)23(19-10-8-18(2)9-11-19)24(26(28)30)27-20-12-13-21(31-3)22(17-20)32-4/h8-13,17,27H,5-7,14-16H2,1-4H3. The van der Waals surface area contributed by atoms with Crippen LogP contribution in [-0.4, -0.2) is 50.7 Å². The van der Waals surface area contributed by atoms with E-state index in [0.29, 0.717) is 54.5 Å². The van der Waals surface area contributed by atoms with Gasteiger partial charge in [-0.3, -0.25) is 14.5 Å². The lowest BCUT2D eigenvalue weighted by Crippen LogP contribution is -2.34. The van der Waals surface area contributed by atoms with Crippen molar-refractivity contribution < 1.29 is 23.8 Å². The largest absolute Gasteiger partial charge is 0.493 e. The molecule has 0 unspecified atom stereocenters. The van der Waals surface area contributed by atoms with E-state index in [9.17, 15) is 9.59 Å². The summed E-state index contributed by atoms with van der Waals surface area (Å²) in [6.07, 6.45) is 2.66. The van der Waals surface area contributed by atoms with Crippen molar-refractivity contribution in [2.24, 2.45) is 0 Å². The number of hydrogen-bond acceptors (Lipinski definition) is 6. The summed E-state index contributed by atoms with van der Waals surface area (Å²) in [5, 5.41) is 3.16. The Morgan fingerprint density at radius 3 is 2.24 bits per heavy atom. The molecule has 1 aliphatic rings. The van der Waals surface area contributed by atoms with Crippen LogP contribution in [0.1, 0.15) is 37.3 Å². The molecule has 1 heterocycles. The minimum Gasteiger partial charge on any atom is -0.493 e. The monoisotopic (exact) mass is 452 g/mol. The van der Waals surface area contributed by atoms with Crippen LogP contribution >= 0.6 is 0 Å². The third-order valence-corrected chi connectivity index (χ3v) is 5.47. The zero-order chi connectivity index (χ0) is 23.8. The van der Waals surface area contributed by atoms with Gasteiger partial charge in [-0.05, 0) is 37.5 Å². The van der Waals surface area contributed by atoms with E-state index >= 15 is 0 Å². The fraction of sp³-hybridized carbons (Fsp3) is 0.385. The number of methoxy groups -OCH3 is 2. The van der Waals surface area contributed by atoms with E-state index < -0.39 is 0 Å². The molecule has 0 aromatic heterocycles. The second-order valence-corrected chi connectivity index (χ2v) is 7.89. The van der Waals surface area contributed by atoms with E-state index in [2.05, 4.69) is 12.2 Å². The number of carbonyl (C=O) groups is 2. The molecule has 0 bridgehead atoms. The van der Waals surface area contributed by atoms with Crippen LogP contribution < -0.4 is 14.8 Å². The van der Waals surface area contributed by atoms with E-state index in [1.54, 1.807) is 32.4 Å². The van der Waals surface area contributed by atoms with Crippen LogP contribution in [0.15, 0.2) is 48.2 Å². The van der Waals surface area contributed by atoms with Crippen LogP contribution in [0.4, 0.5) is 5.69 Å². The fourth-order valence-corrected chi connectivity index (χ4v) is 3.61. The summed E-state index contributed by atoms with van der Waals surface area (Å²) >= 11 is 0. The molecule has 0 aliphatic carbocycles. The molecular weight excluding hydrogens is 420 g/mol. The Balaban J connectivity index is 1.86. The van der Waals surface area contributed by atoms with Gasteiger partial charge in [0, 0.05) is 31.5 Å². The van der Waals surface area contributed by atoms with Crippen molar-refractivity contribution in [3.63, 3.8) is 0 Å².